The zero-order chi connectivity index (χ0) is 21.4. The number of carbonyl (C=O) groups is 1. The molecule has 1 atom stereocenters. The summed E-state index contributed by atoms with van der Waals surface area (Å²) in [6, 6.07) is 4.13. The Bertz CT molecular complexity index is 1230. The Labute approximate surface area is 179 Å². The first-order valence-corrected chi connectivity index (χ1v) is 10.4. The minimum Gasteiger partial charge on any atom is -0.464 e. The zero-order valence-corrected chi connectivity index (χ0v) is 17.5. The molecule has 31 heavy (non-hydrogen) atoms. The van der Waals surface area contributed by atoms with Crippen LogP contribution in [0, 0.1) is 13.8 Å². The number of carbonyl (C=O) groups excluding carboxylic acids is 1. The summed E-state index contributed by atoms with van der Waals surface area (Å²) in [5, 5.41) is 9.36. The minimum atomic E-state index is 0.0149. The van der Waals surface area contributed by atoms with Crippen molar-refractivity contribution in [2.24, 2.45) is 0 Å². The number of fused-ring (bicyclic) bond motifs is 1. The molecule has 8 nitrogen and oxygen atoms in total. The van der Waals surface area contributed by atoms with Crippen molar-refractivity contribution in [2.45, 2.75) is 39.0 Å². The second kappa shape index (κ2) is 7.94. The highest BCUT2D eigenvalue weighted by atomic mass is 16.4. The van der Waals surface area contributed by atoms with Gasteiger partial charge in [0.25, 0.3) is 5.89 Å². The Morgan fingerprint density at radius 1 is 1.23 bits per heavy atom. The normalized spacial score (nSPS) is 16.7. The molecule has 1 saturated heterocycles. The molecule has 8 heteroatoms. The molecular formula is C23H23N5O3. The van der Waals surface area contributed by atoms with Crippen LogP contribution in [0.2, 0.25) is 0 Å². The maximum atomic E-state index is 13.1. The second-order valence-corrected chi connectivity index (χ2v) is 8.11. The third-order valence-corrected chi connectivity index (χ3v) is 5.78. The van der Waals surface area contributed by atoms with Crippen LogP contribution in [0.4, 0.5) is 0 Å². The van der Waals surface area contributed by atoms with Gasteiger partial charge in [-0.25, -0.2) is 4.98 Å². The minimum absolute atomic E-state index is 0.0149. The fraction of sp³-hybridized carbons (Fsp3) is 0.348. The van der Waals surface area contributed by atoms with E-state index < -0.39 is 0 Å². The highest BCUT2D eigenvalue weighted by molar-refractivity contribution is 5.90. The lowest BCUT2D eigenvalue weighted by Gasteiger charge is -2.31. The summed E-state index contributed by atoms with van der Waals surface area (Å²) in [6.45, 7) is 5.39. The van der Waals surface area contributed by atoms with Gasteiger partial charge in [0, 0.05) is 36.4 Å². The largest absolute Gasteiger partial charge is 0.464 e. The van der Waals surface area contributed by atoms with Crippen molar-refractivity contribution in [3.05, 3.63) is 59.6 Å². The molecule has 1 aromatic carbocycles. The standard InChI is InChI=1S/C23H23N5O3/c1-14-8-15(2)21-17(13-30-19(21)9-14)10-20(29)28-7-3-4-16(12-28)22-26-27-23(31-22)18-11-24-5-6-25-18/h5-6,8-9,11,13,16H,3-4,7,10,12H2,1-2H3/t16-/m0/s1. The van der Waals surface area contributed by atoms with Crippen LogP contribution >= 0.6 is 0 Å². The van der Waals surface area contributed by atoms with Gasteiger partial charge in [0.2, 0.25) is 11.8 Å². The molecule has 0 radical (unpaired) electrons. The molecule has 3 aromatic heterocycles. The Kier molecular flexibility index (Phi) is 4.97. The van der Waals surface area contributed by atoms with Gasteiger partial charge in [-0.3, -0.25) is 9.78 Å². The van der Waals surface area contributed by atoms with Gasteiger partial charge in [-0.1, -0.05) is 6.07 Å². The van der Waals surface area contributed by atoms with Gasteiger partial charge in [0.1, 0.15) is 11.3 Å². The van der Waals surface area contributed by atoms with Gasteiger partial charge in [-0.2, -0.15) is 0 Å². The predicted molar refractivity (Wildman–Crippen MR) is 113 cm³/mol. The fourth-order valence-electron chi connectivity index (χ4n) is 4.35. The van der Waals surface area contributed by atoms with Crippen LogP contribution in [-0.4, -0.2) is 44.1 Å². The maximum Gasteiger partial charge on any atom is 0.267 e. The number of rotatable bonds is 4. The average molecular weight is 417 g/mol. The van der Waals surface area contributed by atoms with E-state index in [1.165, 1.54) is 0 Å². The molecule has 0 spiro atoms. The van der Waals surface area contributed by atoms with E-state index in [-0.39, 0.29) is 11.8 Å². The summed E-state index contributed by atoms with van der Waals surface area (Å²) in [5.74, 6) is 0.988. The average Bonchev–Trinajstić information content (AvgIpc) is 3.42. The fourth-order valence-corrected chi connectivity index (χ4v) is 4.35. The van der Waals surface area contributed by atoms with Crippen molar-refractivity contribution < 1.29 is 13.6 Å². The molecule has 5 rings (SSSR count). The molecule has 0 saturated carbocycles. The maximum absolute atomic E-state index is 13.1. The number of nitrogens with zero attached hydrogens (tertiary/aromatic N) is 5. The number of amides is 1. The number of hydrogen-bond donors (Lipinski definition) is 0. The quantitative estimate of drug-likeness (QED) is 0.497. The van der Waals surface area contributed by atoms with Crippen molar-refractivity contribution >= 4 is 16.9 Å². The summed E-state index contributed by atoms with van der Waals surface area (Å²) >= 11 is 0. The Hall–Kier alpha value is -3.55. The first-order valence-electron chi connectivity index (χ1n) is 10.4. The number of likely N-dealkylation sites (tertiary alicyclic amines) is 1. The Balaban J connectivity index is 1.31. The van der Waals surface area contributed by atoms with E-state index in [0.29, 0.717) is 30.4 Å². The number of benzene rings is 1. The van der Waals surface area contributed by atoms with Crippen molar-refractivity contribution in [1.82, 2.24) is 25.1 Å². The van der Waals surface area contributed by atoms with Crippen molar-refractivity contribution in [1.29, 1.82) is 0 Å². The summed E-state index contributed by atoms with van der Waals surface area (Å²) in [6.07, 6.45) is 8.59. The van der Waals surface area contributed by atoms with Crippen molar-refractivity contribution in [2.75, 3.05) is 13.1 Å². The lowest BCUT2D eigenvalue weighted by Crippen LogP contribution is -2.40. The highest BCUT2D eigenvalue weighted by Gasteiger charge is 2.29. The van der Waals surface area contributed by atoms with Crippen LogP contribution in [0.5, 0.6) is 0 Å². The topological polar surface area (TPSA) is 98.2 Å². The van der Waals surface area contributed by atoms with E-state index in [9.17, 15) is 4.79 Å². The van der Waals surface area contributed by atoms with Gasteiger partial charge < -0.3 is 13.7 Å². The molecule has 1 amide bonds. The molecule has 4 aromatic rings. The van der Waals surface area contributed by atoms with Crippen molar-refractivity contribution in [3.63, 3.8) is 0 Å². The third-order valence-electron chi connectivity index (χ3n) is 5.78. The number of aryl methyl sites for hydroxylation is 2. The van der Waals surface area contributed by atoms with Crippen LogP contribution < -0.4 is 0 Å². The number of piperidine rings is 1. The van der Waals surface area contributed by atoms with E-state index in [4.69, 9.17) is 8.83 Å². The van der Waals surface area contributed by atoms with Crippen LogP contribution in [-0.2, 0) is 11.2 Å². The summed E-state index contributed by atoms with van der Waals surface area (Å²) in [4.78, 5) is 23.2. The number of aromatic nitrogens is 4. The SMILES string of the molecule is Cc1cc(C)c2c(CC(=O)N3CCC[C@H](c4nnc(-c5cnccn5)o4)C3)coc2c1. The Morgan fingerprint density at radius 3 is 2.97 bits per heavy atom. The molecular weight excluding hydrogens is 394 g/mol. The van der Waals surface area contributed by atoms with E-state index in [2.05, 4.69) is 33.2 Å². The van der Waals surface area contributed by atoms with Gasteiger partial charge in [0.05, 0.1) is 24.8 Å². The van der Waals surface area contributed by atoms with Crippen LogP contribution in [0.1, 0.15) is 41.3 Å². The smallest absolute Gasteiger partial charge is 0.267 e. The van der Waals surface area contributed by atoms with E-state index >= 15 is 0 Å². The monoisotopic (exact) mass is 417 g/mol. The number of furan rings is 1. The molecule has 0 bridgehead atoms. The molecule has 158 valence electrons. The molecule has 1 fully saturated rings. The summed E-state index contributed by atoms with van der Waals surface area (Å²) in [5.41, 5.74) is 4.59. The summed E-state index contributed by atoms with van der Waals surface area (Å²) in [7, 11) is 0. The van der Waals surface area contributed by atoms with Crippen LogP contribution in [0.25, 0.3) is 22.6 Å². The zero-order valence-electron chi connectivity index (χ0n) is 17.5. The molecule has 0 unspecified atom stereocenters. The molecule has 0 aliphatic carbocycles. The first-order chi connectivity index (χ1) is 15.1. The van der Waals surface area contributed by atoms with Gasteiger partial charge in [-0.15, -0.1) is 10.2 Å². The van der Waals surface area contributed by atoms with E-state index in [1.54, 1.807) is 24.9 Å². The molecule has 1 aliphatic rings. The Morgan fingerprint density at radius 2 is 2.13 bits per heavy atom. The van der Waals surface area contributed by atoms with Gasteiger partial charge in [0.15, 0.2) is 0 Å². The van der Waals surface area contributed by atoms with Gasteiger partial charge >= 0.3 is 0 Å². The van der Waals surface area contributed by atoms with Gasteiger partial charge in [-0.05, 0) is 43.9 Å². The van der Waals surface area contributed by atoms with Crippen LogP contribution in [0.15, 0.2) is 45.8 Å². The van der Waals surface area contributed by atoms with E-state index in [0.717, 1.165) is 47.0 Å². The molecule has 4 heterocycles. The lowest BCUT2D eigenvalue weighted by molar-refractivity contribution is -0.131. The number of hydrogen-bond acceptors (Lipinski definition) is 7. The first kappa shape index (κ1) is 19.4. The molecule has 1 aliphatic heterocycles. The lowest BCUT2D eigenvalue weighted by atomic mass is 9.97. The highest BCUT2D eigenvalue weighted by Crippen LogP contribution is 2.30. The second-order valence-electron chi connectivity index (χ2n) is 8.11. The third kappa shape index (κ3) is 3.81. The molecule has 0 N–H and O–H groups in total. The summed E-state index contributed by atoms with van der Waals surface area (Å²) < 4.78 is 11.6. The van der Waals surface area contributed by atoms with E-state index in [1.807, 2.05) is 17.9 Å². The van der Waals surface area contributed by atoms with Crippen LogP contribution in [0.3, 0.4) is 0 Å². The predicted octanol–water partition coefficient (Wildman–Crippen LogP) is 3.84. The van der Waals surface area contributed by atoms with Crippen molar-refractivity contribution in [3.8, 4) is 11.6 Å².